The Bertz CT molecular complexity index is 1030. The molecule has 2 aromatic carbocycles. The molecule has 2 aliphatic rings. The molecular weight excluding hydrogens is 420 g/mol. The lowest BCUT2D eigenvalue weighted by Gasteiger charge is -2.33. The molecule has 0 bridgehead atoms. The predicted octanol–water partition coefficient (Wildman–Crippen LogP) is 3.87. The van der Waals surface area contributed by atoms with Crippen LogP contribution in [0.3, 0.4) is 0 Å². The lowest BCUT2D eigenvalue weighted by molar-refractivity contribution is -0.141. The first-order chi connectivity index (χ1) is 15.7. The van der Waals surface area contributed by atoms with Crippen molar-refractivity contribution in [1.82, 2.24) is 10.2 Å². The van der Waals surface area contributed by atoms with Crippen molar-refractivity contribution in [3.63, 3.8) is 0 Å². The molecular formula is C26H30N2O5. The zero-order valence-corrected chi connectivity index (χ0v) is 19.2. The Balaban J connectivity index is 1.44. The van der Waals surface area contributed by atoms with Crippen molar-refractivity contribution in [2.45, 2.75) is 39.2 Å². The van der Waals surface area contributed by atoms with E-state index in [1.165, 1.54) is 4.90 Å². The van der Waals surface area contributed by atoms with E-state index in [-0.39, 0.29) is 25.0 Å². The summed E-state index contributed by atoms with van der Waals surface area (Å²) in [5.41, 5.74) is 3.96. The van der Waals surface area contributed by atoms with Gasteiger partial charge in [0.25, 0.3) is 0 Å². The highest BCUT2D eigenvalue weighted by Crippen LogP contribution is 2.44. The number of nitrogens with zero attached hydrogens (tertiary/aromatic N) is 1. The molecule has 0 spiro atoms. The van der Waals surface area contributed by atoms with E-state index >= 15 is 0 Å². The lowest BCUT2D eigenvalue weighted by Crippen LogP contribution is -2.54. The maximum Gasteiger partial charge on any atom is 0.407 e. The second-order valence-electron chi connectivity index (χ2n) is 9.88. The summed E-state index contributed by atoms with van der Waals surface area (Å²) >= 11 is 0. The van der Waals surface area contributed by atoms with Crippen LogP contribution >= 0.6 is 0 Å². The van der Waals surface area contributed by atoms with Gasteiger partial charge in [-0.2, -0.15) is 0 Å². The van der Waals surface area contributed by atoms with E-state index < -0.39 is 29.4 Å². The second-order valence-corrected chi connectivity index (χ2v) is 9.88. The molecule has 1 heterocycles. The maximum absolute atomic E-state index is 13.1. The van der Waals surface area contributed by atoms with Gasteiger partial charge in [0.05, 0.1) is 5.92 Å². The van der Waals surface area contributed by atoms with Crippen LogP contribution in [0.2, 0.25) is 0 Å². The van der Waals surface area contributed by atoms with Gasteiger partial charge in [-0.05, 0) is 34.1 Å². The number of fused-ring (bicyclic) bond motifs is 3. The first-order valence-electron chi connectivity index (χ1n) is 11.3. The van der Waals surface area contributed by atoms with E-state index in [0.717, 1.165) is 22.3 Å². The minimum Gasteiger partial charge on any atom is -0.481 e. The molecule has 0 saturated carbocycles. The number of amides is 2. The number of carboxylic acids is 1. The number of carbonyl (C=O) groups excluding carboxylic acids is 2. The Hall–Kier alpha value is -3.35. The van der Waals surface area contributed by atoms with Gasteiger partial charge >= 0.3 is 12.1 Å². The minimum absolute atomic E-state index is 0.0677. The SMILES string of the molecule is CC(C)(C)[C@H](NC(=O)OCC1c2ccccc2-c2ccccc21)C(=O)N1CCC(C(=O)O)C1. The van der Waals surface area contributed by atoms with Crippen molar-refractivity contribution in [3.8, 4) is 11.1 Å². The number of benzene rings is 2. The Morgan fingerprint density at radius 3 is 2.15 bits per heavy atom. The lowest BCUT2D eigenvalue weighted by atomic mass is 9.86. The van der Waals surface area contributed by atoms with Crippen LogP contribution < -0.4 is 5.32 Å². The van der Waals surface area contributed by atoms with Gasteiger partial charge in [0.1, 0.15) is 12.6 Å². The van der Waals surface area contributed by atoms with E-state index in [9.17, 15) is 19.5 Å². The molecule has 33 heavy (non-hydrogen) atoms. The number of likely N-dealkylation sites (tertiary alicyclic amines) is 1. The van der Waals surface area contributed by atoms with Crippen molar-refractivity contribution >= 4 is 18.0 Å². The highest BCUT2D eigenvalue weighted by molar-refractivity contribution is 5.87. The largest absolute Gasteiger partial charge is 0.481 e. The Morgan fingerprint density at radius 1 is 1.06 bits per heavy atom. The molecule has 1 fully saturated rings. The molecule has 174 valence electrons. The minimum atomic E-state index is -0.901. The van der Waals surface area contributed by atoms with E-state index in [1.807, 2.05) is 45.0 Å². The van der Waals surface area contributed by atoms with E-state index in [0.29, 0.717) is 13.0 Å². The fraction of sp³-hybridized carbons (Fsp3) is 0.423. The molecule has 1 aliphatic heterocycles. The first-order valence-corrected chi connectivity index (χ1v) is 11.3. The van der Waals surface area contributed by atoms with Gasteiger partial charge in [-0.1, -0.05) is 69.3 Å². The van der Waals surface area contributed by atoms with E-state index in [2.05, 4.69) is 29.6 Å². The summed E-state index contributed by atoms with van der Waals surface area (Å²) < 4.78 is 5.62. The third-order valence-corrected chi connectivity index (χ3v) is 6.57. The monoisotopic (exact) mass is 450 g/mol. The molecule has 0 aromatic heterocycles. The van der Waals surface area contributed by atoms with Crippen LogP contribution in [-0.2, 0) is 14.3 Å². The first kappa shape index (κ1) is 22.8. The normalized spacial score (nSPS) is 18.4. The van der Waals surface area contributed by atoms with Crippen molar-refractivity contribution in [2.75, 3.05) is 19.7 Å². The molecule has 0 radical (unpaired) electrons. The van der Waals surface area contributed by atoms with Gasteiger partial charge < -0.3 is 20.1 Å². The number of rotatable bonds is 5. The number of hydrogen-bond acceptors (Lipinski definition) is 4. The quantitative estimate of drug-likeness (QED) is 0.721. The summed E-state index contributed by atoms with van der Waals surface area (Å²) in [6.45, 7) is 6.29. The van der Waals surface area contributed by atoms with Gasteiger partial charge in [-0.3, -0.25) is 9.59 Å². The third kappa shape index (κ3) is 4.58. The highest BCUT2D eigenvalue weighted by Gasteiger charge is 2.40. The van der Waals surface area contributed by atoms with Crippen molar-refractivity contribution in [3.05, 3.63) is 59.7 Å². The Kier molecular flexibility index (Phi) is 6.15. The molecule has 1 aliphatic carbocycles. The van der Waals surface area contributed by atoms with E-state index in [1.54, 1.807) is 0 Å². The zero-order valence-electron chi connectivity index (χ0n) is 19.2. The smallest absolute Gasteiger partial charge is 0.407 e. The molecule has 2 atom stereocenters. The van der Waals surface area contributed by atoms with Crippen LogP contribution in [0.5, 0.6) is 0 Å². The average Bonchev–Trinajstić information content (AvgIpc) is 3.39. The van der Waals surface area contributed by atoms with E-state index in [4.69, 9.17) is 4.74 Å². The van der Waals surface area contributed by atoms with Crippen LogP contribution in [0.15, 0.2) is 48.5 Å². The van der Waals surface area contributed by atoms with Gasteiger partial charge in [0.2, 0.25) is 5.91 Å². The molecule has 7 heteroatoms. The Morgan fingerprint density at radius 2 is 1.64 bits per heavy atom. The molecule has 7 nitrogen and oxygen atoms in total. The number of alkyl carbamates (subject to hydrolysis) is 1. The predicted molar refractivity (Wildman–Crippen MR) is 124 cm³/mol. The van der Waals surface area contributed by atoms with Crippen LogP contribution in [0.1, 0.15) is 44.2 Å². The summed E-state index contributed by atoms with van der Waals surface area (Å²) in [5.74, 6) is -1.81. The van der Waals surface area contributed by atoms with Gasteiger partial charge in [-0.15, -0.1) is 0 Å². The number of ether oxygens (including phenoxy) is 1. The van der Waals surface area contributed by atoms with Crippen LogP contribution in [0.25, 0.3) is 11.1 Å². The fourth-order valence-electron chi connectivity index (χ4n) is 4.75. The molecule has 2 N–H and O–H groups in total. The molecule has 2 aromatic rings. The second kappa shape index (κ2) is 8.89. The molecule has 2 amide bonds. The summed E-state index contributed by atoms with van der Waals surface area (Å²) in [6.07, 6.45) is -0.234. The molecule has 1 saturated heterocycles. The number of carbonyl (C=O) groups is 3. The molecule has 4 rings (SSSR count). The van der Waals surface area contributed by atoms with Gasteiger partial charge in [0, 0.05) is 19.0 Å². The van der Waals surface area contributed by atoms with Gasteiger partial charge in [0.15, 0.2) is 0 Å². The summed E-state index contributed by atoms with van der Waals surface area (Å²) in [5, 5.41) is 12.0. The summed E-state index contributed by atoms with van der Waals surface area (Å²) in [7, 11) is 0. The van der Waals surface area contributed by atoms with Crippen molar-refractivity contribution < 1.29 is 24.2 Å². The van der Waals surface area contributed by atoms with Crippen LogP contribution in [-0.4, -0.2) is 53.7 Å². The van der Waals surface area contributed by atoms with Gasteiger partial charge in [-0.25, -0.2) is 4.79 Å². The summed E-state index contributed by atoms with van der Waals surface area (Å²) in [6, 6.07) is 15.4. The number of nitrogens with one attached hydrogen (secondary N) is 1. The number of aliphatic carboxylic acids is 1. The highest BCUT2D eigenvalue weighted by atomic mass is 16.5. The fourth-order valence-corrected chi connectivity index (χ4v) is 4.75. The van der Waals surface area contributed by atoms with Crippen LogP contribution in [0, 0.1) is 11.3 Å². The molecule has 1 unspecified atom stereocenters. The standard InChI is InChI=1S/C26H30N2O5/c1-26(2,3)22(23(29)28-13-12-16(14-28)24(30)31)27-25(32)33-15-21-19-10-6-4-8-17(19)18-9-5-7-11-20(18)21/h4-11,16,21-22H,12-15H2,1-3H3,(H,27,32)(H,30,31)/t16?,22-/m1/s1. The Labute approximate surface area is 193 Å². The topological polar surface area (TPSA) is 95.9 Å². The summed E-state index contributed by atoms with van der Waals surface area (Å²) in [4.78, 5) is 38.7. The maximum atomic E-state index is 13.1. The van der Waals surface area contributed by atoms with Crippen molar-refractivity contribution in [2.24, 2.45) is 11.3 Å². The zero-order chi connectivity index (χ0) is 23.8. The number of carboxylic acid groups (broad SMARTS) is 1. The average molecular weight is 451 g/mol. The third-order valence-electron chi connectivity index (χ3n) is 6.57. The van der Waals surface area contributed by atoms with Crippen molar-refractivity contribution in [1.29, 1.82) is 0 Å². The van der Waals surface area contributed by atoms with Crippen LogP contribution in [0.4, 0.5) is 4.79 Å². The number of hydrogen-bond donors (Lipinski definition) is 2.